The number of nitrogens with zero attached hydrogens (tertiary/aromatic N) is 1. The molecule has 4 atom stereocenters. The fourth-order valence-corrected chi connectivity index (χ4v) is 3.93. The smallest absolute Gasteiger partial charge is 0.0674 e. The average Bonchev–Trinajstić information content (AvgIpc) is 2.64. The van der Waals surface area contributed by atoms with E-state index in [9.17, 15) is 0 Å². The van der Waals surface area contributed by atoms with E-state index in [-0.39, 0.29) is 0 Å². The molecule has 0 amide bonds. The highest BCUT2D eigenvalue weighted by molar-refractivity contribution is 5.02. The van der Waals surface area contributed by atoms with Crippen LogP contribution in [-0.4, -0.2) is 49.3 Å². The van der Waals surface area contributed by atoms with Gasteiger partial charge >= 0.3 is 0 Å². The first-order valence-corrected chi connectivity index (χ1v) is 7.54. The number of hydrogen-bond donors (Lipinski definition) is 1. The van der Waals surface area contributed by atoms with Crippen molar-refractivity contribution in [3.8, 4) is 0 Å². The van der Waals surface area contributed by atoms with Crippen LogP contribution in [0.2, 0.25) is 0 Å². The molecule has 0 spiro atoms. The molecule has 1 aliphatic heterocycles. The first-order valence-electron chi connectivity index (χ1n) is 7.54. The molecule has 4 unspecified atom stereocenters. The van der Waals surface area contributed by atoms with E-state index in [2.05, 4.69) is 45.0 Å². The Kier molecular flexibility index (Phi) is 4.35. The van der Waals surface area contributed by atoms with Crippen LogP contribution >= 0.6 is 0 Å². The van der Waals surface area contributed by atoms with Gasteiger partial charge in [0.2, 0.25) is 0 Å². The standard InChI is InChI=1S/C15H30N2O/c1-6-12-10-18-11(2)9-17(12)13-7-8-15(3,4)14(13)16-5/h11-14,16H,6-10H2,1-5H3. The highest BCUT2D eigenvalue weighted by Crippen LogP contribution is 2.41. The lowest BCUT2D eigenvalue weighted by molar-refractivity contribution is -0.0767. The summed E-state index contributed by atoms with van der Waals surface area (Å²) in [5.74, 6) is 0. The van der Waals surface area contributed by atoms with Crippen LogP contribution < -0.4 is 5.32 Å². The minimum Gasteiger partial charge on any atom is -0.376 e. The monoisotopic (exact) mass is 254 g/mol. The van der Waals surface area contributed by atoms with Crippen LogP contribution in [0.1, 0.15) is 47.0 Å². The molecule has 106 valence electrons. The number of rotatable bonds is 3. The minimum atomic E-state index is 0.383. The molecular formula is C15H30N2O. The third-order valence-electron chi connectivity index (χ3n) is 5.03. The second-order valence-electron chi connectivity index (χ2n) is 6.76. The van der Waals surface area contributed by atoms with Gasteiger partial charge in [0, 0.05) is 24.7 Å². The molecule has 3 nitrogen and oxygen atoms in total. The van der Waals surface area contributed by atoms with Crippen molar-refractivity contribution >= 4 is 0 Å². The molecular weight excluding hydrogens is 224 g/mol. The first kappa shape index (κ1) is 14.3. The van der Waals surface area contributed by atoms with Gasteiger partial charge in [-0.25, -0.2) is 0 Å². The molecule has 0 aromatic carbocycles. The van der Waals surface area contributed by atoms with Gasteiger partial charge in [-0.1, -0.05) is 20.8 Å². The maximum atomic E-state index is 5.83. The van der Waals surface area contributed by atoms with Crippen molar-refractivity contribution in [2.24, 2.45) is 5.41 Å². The zero-order valence-corrected chi connectivity index (χ0v) is 12.7. The molecule has 0 aromatic heterocycles. The van der Waals surface area contributed by atoms with E-state index in [0.717, 1.165) is 13.2 Å². The Morgan fingerprint density at radius 1 is 1.39 bits per heavy atom. The second kappa shape index (κ2) is 5.48. The van der Waals surface area contributed by atoms with Gasteiger partial charge in [0.05, 0.1) is 12.7 Å². The Balaban J connectivity index is 2.13. The molecule has 2 rings (SSSR count). The van der Waals surface area contributed by atoms with E-state index in [1.165, 1.54) is 19.3 Å². The predicted octanol–water partition coefficient (Wildman–Crippen LogP) is 2.26. The van der Waals surface area contributed by atoms with E-state index in [0.29, 0.717) is 29.6 Å². The first-order chi connectivity index (χ1) is 8.49. The van der Waals surface area contributed by atoms with Crippen LogP contribution in [0.25, 0.3) is 0 Å². The van der Waals surface area contributed by atoms with Crippen LogP contribution in [0.5, 0.6) is 0 Å². The Bertz CT molecular complexity index is 280. The molecule has 0 aromatic rings. The van der Waals surface area contributed by atoms with E-state index in [1.54, 1.807) is 0 Å². The molecule has 0 radical (unpaired) electrons. The Labute approximate surface area is 112 Å². The van der Waals surface area contributed by atoms with Crippen molar-refractivity contribution in [2.45, 2.75) is 71.2 Å². The van der Waals surface area contributed by atoms with E-state index >= 15 is 0 Å². The van der Waals surface area contributed by atoms with Gasteiger partial charge in [-0.2, -0.15) is 0 Å². The Morgan fingerprint density at radius 3 is 2.72 bits per heavy atom. The van der Waals surface area contributed by atoms with Gasteiger partial charge < -0.3 is 10.1 Å². The Morgan fingerprint density at radius 2 is 2.11 bits per heavy atom. The van der Waals surface area contributed by atoms with Crippen LogP contribution in [0.3, 0.4) is 0 Å². The van der Waals surface area contributed by atoms with Gasteiger partial charge in [-0.15, -0.1) is 0 Å². The van der Waals surface area contributed by atoms with E-state index in [4.69, 9.17) is 4.74 Å². The topological polar surface area (TPSA) is 24.5 Å². The summed E-state index contributed by atoms with van der Waals surface area (Å²) in [7, 11) is 2.12. The summed E-state index contributed by atoms with van der Waals surface area (Å²) < 4.78 is 5.83. The van der Waals surface area contributed by atoms with Crippen molar-refractivity contribution in [1.29, 1.82) is 0 Å². The summed E-state index contributed by atoms with van der Waals surface area (Å²) in [5, 5.41) is 3.58. The normalized spacial score (nSPS) is 41.2. The van der Waals surface area contributed by atoms with Crippen LogP contribution in [0.15, 0.2) is 0 Å². The van der Waals surface area contributed by atoms with Crippen molar-refractivity contribution in [2.75, 3.05) is 20.2 Å². The molecule has 1 saturated heterocycles. The lowest BCUT2D eigenvalue weighted by atomic mass is 9.86. The molecule has 1 aliphatic carbocycles. The molecule has 1 heterocycles. The predicted molar refractivity (Wildman–Crippen MR) is 75.8 cm³/mol. The number of ether oxygens (including phenoxy) is 1. The SMILES string of the molecule is CCC1COC(C)CN1C1CCC(C)(C)C1NC. The highest BCUT2D eigenvalue weighted by Gasteiger charge is 2.45. The third-order valence-corrected chi connectivity index (χ3v) is 5.03. The zero-order chi connectivity index (χ0) is 13.3. The number of morpholine rings is 1. The van der Waals surface area contributed by atoms with Gasteiger partial charge in [0.1, 0.15) is 0 Å². The second-order valence-corrected chi connectivity index (χ2v) is 6.76. The van der Waals surface area contributed by atoms with Crippen LogP contribution in [-0.2, 0) is 4.74 Å². The molecule has 2 fully saturated rings. The summed E-state index contributed by atoms with van der Waals surface area (Å²) in [4.78, 5) is 2.73. The lowest BCUT2D eigenvalue weighted by Crippen LogP contribution is -2.58. The van der Waals surface area contributed by atoms with Gasteiger partial charge in [-0.3, -0.25) is 4.90 Å². The van der Waals surface area contributed by atoms with Crippen LogP contribution in [0.4, 0.5) is 0 Å². The van der Waals surface area contributed by atoms with Crippen molar-refractivity contribution in [3.63, 3.8) is 0 Å². The van der Waals surface area contributed by atoms with Crippen molar-refractivity contribution in [3.05, 3.63) is 0 Å². The molecule has 1 N–H and O–H groups in total. The third kappa shape index (κ3) is 2.59. The molecule has 1 saturated carbocycles. The van der Waals surface area contributed by atoms with E-state index in [1.807, 2.05) is 0 Å². The molecule has 18 heavy (non-hydrogen) atoms. The minimum absolute atomic E-state index is 0.383. The van der Waals surface area contributed by atoms with Crippen molar-refractivity contribution in [1.82, 2.24) is 10.2 Å². The lowest BCUT2D eigenvalue weighted by Gasteiger charge is -2.45. The molecule has 0 bridgehead atoms. The van der Waals surface area contributed by atoms with Crippen LogP contribution in [0, 0.1) is 5.41 Å². The van der Waals surface area contributed by atoms with Gasteiger partial charge in [0.15, 0.2) is 0 Å². The van der Waals surface area contributed by atoms with Crippen molar-refractivity contribution < 1.29 is 4.74 Å². The fraction of sp³-hybridized carbons (Fsp3) is 1.00. The maximum Gasteiger partial charge on any atom is 0.0674 e. The van der Waals surface area contributed by atoms with Gasteiger partial charge in [0.25, 0.3) is 0 Å². The summed E-state index contributed by atoms with van der Waals surface area (Å²) in [5.41, 5.74) is 0.416. The summed E-state index contributed by atoms with van der Waals surface area (Å²) in [6.07, 6.45) is 4.22. The summed E-state index contributed by atoms with van der Waals surface area (Å²) in [6, 6.07) is 1.90. The maximum absolute atomic E-state index is 5.83. The van der Waals surface area contributed by atoms with Gasteiger partial charge in [-0.05, 0) is 38.6 Å². The molecule has 3 heteroatoms. The fourth-order valence-electron chi connectivity index (χ4n) is 3.93. The summed E-state index contributed by atoms with van der Waals surface area (Å²) >= 11 is 0. The highest BCUT2D eigenvalue weighted by atomic mass is 16.5. The number of likely N-dealkylation sites (N-methyl/N-ethyl adjacent to an activating group) is 1. The number of hydrogen-bond acceptors (Lipinski definition) is 3. The number of nitrogens with one attached hydrogen (secondary N) is 1. The molecule has 2 aliphatic rings. The Hall–Kier alpha value is -0.120. The quantitative estimate of drug-likeness (QED) is 0.836. The summed E-state index contributed by atoms with van der Waals surface area (Å²) in [6.45, 7) is 11.3. The largest absolute Gasteiger partial charge is 0.376 e. The average molecular weight is 254 g/mol. The zero-order valence-electron chi connectivity index (χ0n) is 12.7. The van der Waals surface area contributed by atoms with E-state index < -0.39 is 0 Å².